The molecule has 2 heterocycles. The third kappa shape index (κ3) is 3.01. The molecule has 1 aliphatic rings. The zero-order valence-electron chi connectivity index (χ0n) is 10.5. The summed E-state index contributed by atoms with van der Waals surface area (Å²) < 4.78 is 11.8. The van der Waals surface area contributed by atoms with E-state index in [9.17, 15) is 9.59 Å². The van der Waals surface area contributed by atoms with E-state index in [0.717, 1.165) is 0 Å². The van der Waals surface area contributed by atoms with E-state index in [1.165, 1.54) is 10.8 Å². The average molecular weight is 268 g/mol. The Morgan fingerprint density at radius 3 is 2.89 bits per heavy atom. The van der Waals surface area contributed by atoms with E-state index in [-0.39, 0.29) is 13.2 Å². The zero-order chi connectivity index (χ0) is 13.8. The van der Waals surface area contributed by atoms with Crippen LogP contribution in [0.3, 0.4) is 0 Å². The van der Waals surface area contributed by atoms with E-state index < -0.39 is 23.6 Å². The Balaban J connectivity index is 2.28. The molecule has 1 aromatic rings. The smallest absolute Gasteiger partial charge is 0.330 e. The van der Waals surface area contributed by atoms with Gasteiger partial charge in [-0.25, -0.2) is 4.79 Å². The van der Waals surface area contributed by atoms with Crippen molar-refractivity contribution >= 4 is 0 Å². The first-order valence-electron chi connectivity index (χ1n) is 6.02. The molecular formula is C12H16N2O5. The number of aromatic nitrogens is 2. The second-order valence-corrected chi connectivity index (χ2v) is 4.09. The molecule has 104 valence electrons. The van der Waals surface area contributed by atoms with Crippen LogP contribution < -0.4 is 11.2 Å². The molecule has 19 heavy (non-hydrogen) atoms. The molecule has 0 bridgehead atoms. The molecule has 2 unspecified atom stereocenters. The van der Waals surface area contributed by atoms with Gasteiger partial charge in [0.05, 0.1) is 18.8 Å². The van der Waals surface area contributed by atoms with Crippen molar-refractivity contribution in [3.05, 3.63) is 44.8 Å². The van der Waals surface area contributed by atoms with E-state index in [1.54, 1.807) is 12.2 Å². The normalized spacial score (nSPS) is 22.0. The van der Waals surface area contributed by atoms with Crippen molar-refractivity contribution in [2.75, 3.05) is 13.2 Å². The molecule has 0 saturated heterocycles. The summed E-state index contributed by atoms with van der Waals surface area (Å²) >= 11 is 0. The molecule has 0 fully saturated rings. The van der Waals surface area contributed by atoms with Gasteiger partial charge in [-0.2, -0.15) is 0 Å². The van der Waals surface area contributed by atoms with Crippen molar-refractivity contribution in [1.29, 1.82) is 0 Å². The Morgan fingerprint density at radius 2 is 2.26 bits per heavy atom. The van der Waals surface area contributed by atoms with Crippen LogP contribution in [0.5, 0.6) is 0 Å². The summed E-state index contributed by atoms with van der Waals surface area (Å²) in [6.45, 7) is 2.27. The lowest BCUT2D eigenvalue weighted by molar-refractivity contribution is -0.0107. The van der Waals surface area contributed by atoms with Crippen molar-refractivity contribution in [1.82, 2.24) is 9.55 Å². The monoisotopic (exact) mass is 268 g/mol. The van der Waals surface area contributed by atoms with Gasteiger partial charge in [0.15, 0.2) is 6.23 Å². The quantitative estimate of drug-likeness (QED) is 0.703. The molecule has 1 aromatic heterocycles. The Bertz CT molecular complexity index is 574. The van der Waals surface area contributed by atoms with Gasteiger partial charge in [0, 0.05) is 12.8 Å². The first-order valence-corrected chi connectivity index (χ1v) is 6.02. The second kappa shape index (κ2) is 5.96. The minimum atomic E-state index is -0.623. The van der Waals surface area contributed by atoms with E-state index in [0.29, 0.717) is 12.2 Å². The molecule has 0 saturated carbocycles. The van der Waals surface area contributed by atoms with Gasteiger partial charge in [-0.15, -0.1) is 0 Å². The van der Waals surface area contributed by atoms with Gasteiger partial charge in [0.2, 0.25) is 0 Å². The first-order chi connectivity index (χ1) is 9.15. The van der Waals surface area contributed by atoms with Gasteiger partial charge in [-0.3, -0.25) is 14.3 Å². The molecule has 2 atom stereocenters. The number of ether oxygens (including phenoxy) is 2. The van der Waals surface area contributed by atoms with Crippen LogP contribution in [0.1, 0.15) is 18.7 Å². The van der Waals surface area contributed by atoms with E-state index in [2.05, 4.69) is 4.98 Å². The highest BCUT2D eigenvalue weighted by atomic mass is 16.5. The van der Waals surface area contributed by atoms with Gasteiger partial charge >= 0.3 is 5.69 Å². The zero-order valence-corrected chi connectivity index (χ0v) is 10.5. The molecule has 0 amide bonds. The molecule has 7 nitrogen and oxygen atoms in total. The van der Waals surface area contributed by atoms with Gasteiger partial charge in [0.25, 0.3) is 5.56 Å². The number of rotatable bonds is 5. The fourth-order valence-electron chi connectivity index (χ4n) is 1.78. The molecule has 2 N–H and O–H groups in total. The summed E-state index contributed by atoms with van der Waals surface area (Å²) in [7, 11) is 0. The Morgan fingerprint density at radius 1 is 1.47 bits per heavy atom. The van der Waals surface area contributed by atoms with Crippen molar-refractivity contribution in [3.8, 4) is 0 Å². The number of nitrogens with one attached hydrogen (secondary N) is 1. The van der Waals surface area contributed by atoms with Crippen molar-refractivity contribution in [3.63, 3.8) is 0 Å². The van der Waals surface area contributed by atoms with E-state index in [1.807, 2.05) is 6.92 Å². The molecule has 2 rings (SSSR count). The first kappa shape index (κ1) is 13.7. The largest absolute Gasteiger partial charge is 0.393 e. The van der Waals surface area contributed by atoms with Crippen molar-refractivity contribution in [2.45, 2.75) is 25.9 Å². The fraction of sp³-hybridized carbons (Fsp3) is 0.500. The summed E-state index contributed by atoms with van der Waals surface area (Å²) in [5, 5.41) is 8.97. The number of aliphatic hydroxyl groups excluding tert-OH is 1. The lowest BCUT2D eigenvalue weighted by atomic mass is 10.3. The summed E-state index contributed by atoms with van der Waals surface area (Å²) in [5.41, 5.74) is -0.667. The SMILES string of the molecule is CCOCc1cn(C2C=CC(CO)O2)c(=O)[nH]c1=O. The predicted molar refractivity (Wildman–Crippen MR) is 66.8 cm³/mol. The standard InChI is InChI=1S/C12H16N2O5/c1-2-18-7-8-5-14(12(17)13-11(8)16)10-4-3-9(6-15)19-10/h3-5,9-10,15H,2,6-7H2,1H3,(H,13,16,17). The molecule has 0 spiro atoms. The van der Waals surface area contributed by atoms with Gasteiger partial charge in [-0.1, -0.05) is 6.08 Å². The van der Waals surface area contributed by atoms with Gasteiger partial charge < -0.3 is 14.6 Å². The van der Waals surface area contributed by atoms with E-state index >= 15 is 0 Å². The van der Waals surface area contributed by atoms with Crippen LogP contribution in [-0.2, 0) is 16.1 Å². The number of nitrogens with zero attached hydrogens (tertiary/aromatic N) is 1. The second-order valence-electron chi connectivity index (χ2n) is 4.09. The minimum absolute atomic E-state index is 0.131. The summed E-state index contributed by atoms with van der Waals surface area (Å²) in [4.78, 5) is 25.5. The van der Waals surface area contributed by atoms with Crippen molar-refractivity contribution in [2.24, 2.45) is 0 Å². The lowest BCUT2D eigenvalue weighted by Gasteiger charge is -2.15. The predicted octanol–water partition coefficient (Wildman–Crippen LogP) is -0.481. The van der Waals surface area contributed by atoms with Crippen molar-refractivity contribution < 1.29 is 14.6 Å². The highest BCUT2D eigenvalue weighted by Gasteiger charge is 2.21. The minimum Gasteiger partial charge on any atom is -0.393 e. The summed E-state index contributed by atoms with van der Waals surface area (Å²) in [5.74, 6) is 0. The maximum absolute atomic E-state index is 11.7. The molecule has 0 aromatic carbocycles. The Hall–Kier alpha value is -1.70. The number of aromatic amines is 1. The number of hydrogen-bond acceptors (Lipinski definition) is 5. The number of H-pyrrole nitrogens is 1. The number of hydrogen-bond donors (Lipinski definition) is 2. The summed E-state index contributed by atoms with van der Waals surface area (Å²) in [6, 6.07) is 0. The maximum atomic E-state index is 11.7. The molecular weight excluding hydrogens is 252 g/mol. The van der Waals surface area contributed by atoms with Crippen LogP contribution in [0.25, 0.3) is 0 Å². The average Bonchev–Trinajstić information content (AvgIpc) is 2.86. The van der Waals surface area contributed by atoms with Crippen LogP contribution in [0.2, 0.25) is 0 Å². The topological polar surface area (TPSA) is 93.6 Å². The van der Waals surface area contributed by atoms with E-state index in [4.69, 9.17) is 14.6 Å². The molecule has 0 aliphatic carbocycles. The van der Waals surface area contributed by atoms with Crippen LogP contribution in [0, 0.1) is 0 Å². The van der Waals surface area contributed by atoms with Gasteiger partial charge in [-0.05, 0) is 13.0 Å². The fourth-order valence-corrected chi connectivity index (χ4v) is 1.78. The Kier molecular flexibility index (Phi) is 4.31. The third-order valence-corrected chi connectivity index (χ3v) is 2.76. The van der Waals surface area contributed by atoms with Gasteiger partial charge in [0.1, 0.15) is 6.10 Å². The maximum Gasteiger partial charge on any atom is 0.330 e. The number of aliphatic hydroxyl groups is 1. The molecule has 7 heteroatoms. The lowest BCUT2D eigenvalue weighted by Crippen LogP contribution is -2.34. The van der Waals surface area contributed by atoms with Crippen LogP contribution in [0.15, 0.2) is 27.9 Å². The van der Waals surface area contributed by atoms with Crippen LogP contribution in [-0.4, -0.2) is 34.0 Å². The van der Waals surface area contributed by atoms with Crippen LogP contribution >= 0.6 is 0 Å². The molecule has 1 aliphatic heterocycles. The highest BCUT2D eigenvalue weighted by molar-refractivity contribution is 5.07. The third-order valence-electron chi connectivity index (χ3n) is 2.76. The summed E-state index contributed by atoms with van der Waals surface area (Å²) in [6.07, 6.45) is 3.70. The Labute approximate surface area is 109 Å². The molecule has 0 radical (unpaired) electrons. The van der Waals surface area contributed by atoms with Crippen LogP contribution in [0.4, 0.5) is 0 Å². The highest BCUT2D eigenvalue weighted by Crippen LogP contribution is 2.18.